The van der Waals surface area contributed by atoms with E-state index < -0.39 is 0 Å². The third-order valence-corrected chi connectivity index (χ3v) is 1.79. The number of rotatable bonds is 4. The van der Waals surface area contributed by atoms with Crippen LogP contribution in [0.2, 0.25) is 0 Å². The van der Waals surface area contributed by atoms with Crippen LogP contribution in [0, 0.1) is 0 Å². The maximum atomic E-state index is 4.10. The SMILES string of the molecule is CC[C@H](C)NCc1ncc[nH]1. The molecule has 1 atom stereocenters. The zero-order chi connectivity index (χ0) is 8.10. The highest BCUT2D eigenvalue weighted by molar-refractivity contribution is 4.86. The normalized spacial score (nSPS) is 13.3. The number of hydrogen-bond donors (Lipinski definition) is 2. The van der Waals surface area contributed by atoms with Gasteiger partial charge in [0.05, 0.1) is 6.54 Å². The molecule has 1 rings (SSSR count). The van der Waals surface area contributed by atoms with E-state index >= 15 is 0 Å². The molecule has 0 aromatic carbocycles. The van der Waals surface area contributed by atoms with Gasteiger partial charge in [-0.3, -0.25) is 0 Å². The van der Waals surface area contributed by atoms with Gasteiger partial charge in [0, 0.05) is 18.4 Å². The predicted octanol–water partition coefficient (Wildman–Crippen LogP) is 1.30. The van der Waals surface area contributed by atoms with Gasteiger partial charge in [-0.2, -0.15) is 0 Å². The van der Waals surface area contributed by atoms with Gasteiger partial charge >= 0.3 is 0 Å². The summed E-state index contributed by atoms with van der Waals surface area (Å²) in [4.78, 5) is 7.15. The summed E-state index contributed by atoms with van der Waals surface area (Å²) < 4.78 is 0. The molecule has 0 spiro atoms. The highest BCUT2D eigenvalue weighted by Gasteiger charge is 1.97. The van der Waals surface area contributed by atoms with E-state index in [-0.39, 0.29) is 0 Å². The second-order valence-corrected chi connectivity index (χ2v) is 2.73. The third kappa shape index (κ3) is 2.72. The standard InChI is InChI=1S/C8H15N3/c1-3-7(2)11-6-8-9-4-5-10-8/h4-5,7,11H,3,6H2,1-2H3,(H,9,10)/t7-/m0/s1. The molecule has 0 saturated heterocycles. The molecule has 0 radical (unpaired) electrons. The van der Waals surface area contributed by atoms with E-state index in [0.717, 1.165) is 18.8 Å². The summed E-state index contributed by atoms with van der Waals surface area (Å²) in [5.74, 6) is 1.00. The number of nitrogens with zero attached hydrogens (tertiary/aromatic N) is 1. The number of hydrogen-bond acceptors (Lipinski definition) is 2. The van der Waals surface area contributed by atoms with Crippen LogP contribution in [-0.2, 0) is 6.54 Å². The van der Waals surface area contributed by atoms with Crippen molar-refractivity contribution in [2.45, 2.75) is 32.9 Å². The van der Waals surface area contributed by atoms with Gasteiger partial charge in [0.15, 0.2) is 0 Å². The molecule has 62 valence electrons. The maximum absolute atomic E-state index is 4.10. The lowest BCUT2D eigenvalue weighted by Crippen LogP contribution is -2.24. The zero-order valence-electron chi connectivity index (χ0n) is 7.09. The molecule has 0 aliphatic heterocycles. The molecule has 3 nitrogen and oxygen atoms in total. The molecule has 0 amide bonds. The first-order valence-corrected chi connectivity index (χ1v) is 4.04. The lowest BCUT2D eigenvalue weighted by atomic mass is 10.2. The van der Waals surface area contributed by atoms with E-state index in [1.54, 1.807) is 6.20 Å². The van der Waals surface area contributed by atoms with Gasteiger partial charge in [-0.25, -0.2) is 4.98 Å². The lowest BCUT2D eigenvalue weighted by Gasteiger charge is -2.08. The van der Waals surface area contributed by atoms with Crippen molar-refractivity contribution >= 4 is 0 Å². The fraction of sp³-hybridized carbons (Fsp3) is 0.625. The first-order chi connectivity index (χ1) is 5.33. The van der Waals surface area contributed by atoms with Crippen LogP contribution < -0.4 is 5.32 Å². The Kier molecular flexibility index (Phi) is 3.11. The Bertz CT molecular complexity index is 181. The molecule has 0 saturated carbocycles. The zero-order valence-corrected chi connectivity index (χ0v) is 7.09. The molecule has 2 N–H and O–H groups in total. The Balaban J connectivity index is 2.23. The Labute approximate surface area is 67.2 Å². The summed E-state index contributed by atoms with van der Waals surface area (Å²) in [5.41, 5.74) is 0. The number of nitrogens with one attached hydrogen (secondary N) is 2. The van der Waals surface area contributed by atoms with E-state index in [1.165, 1.54) is 0 Å². The van der Waals surface area contributed by atoms with E-state index in [2.05, 4.69) is 29.1 Å². The fourth-order valence-corrected chi connectivity index (χ4v) is 0.810. The summed E-state index contributed by atoms with van der Waals surface area (Å²) >= 11 is 0. The number of aromatic amines is 1. The van der Waals surface area contributed by atoms with Crippen molar-refractivity contribution in [3.8, 4) is 0 Å². The van der Waals surface area contributed by atoms with Crippen molar-refractivity contribution in [1.82, 2.24) is 15.3 Å². The second-order valence-electron chi connectivity index (χ2n) is 2.73. The van der Waals surface area contributed by atoms with Crippen LogP contribution in [0.3, 0.4) is 0 Å². The van der Waals surface area contributed by atoms with E-state index in [9.17, 15) is 0 Å². The Morgan fingerprint density at radius 3 is 3.09 bits per heavy atom. The summed E-state index contributed by atoms with van der Waals surface area (Å²) in [7, 11) is 0. The van der Waals surface area contributed by atoms with E-state index in [1.807, 2.05) is 6.20 Å². The van der Waals surface area contributed by atoms with Crippen LogP contribution in [-0.4, -0.2) is 16.0 Å². The van der Waals surface area contributed by atoms with Crippen LogP contribution in [0.1, 0.15) is 26.1 Å². The van der Waals surface area contributed by atoms with Crippen molar-refractivity contribution in [2.24, 2.45) is 0 Å². The topological polar surface area (TPSA) is 40.7 Å². The van der Waals surface area contributed by atoms with Gasteiger partial charge in [-0.05, 0) is 13.3 Å². The van der Waals surface area contributed by atoms with Crippen molar-refractivity contribution in [3.63, 3.8) is 0 Å². The Morgan fingerprint density at radius 2 is 2.55 bits per heavy atom. The highest BCUT2D eigenvalue weighted by atomic mass is 15.0. The first kappa shape index (κ1) is 8.27. The highest BCUT2D eigenvalue weighted by Crippen LogP contribution is 1.91. The minimum Gasteiger partial charge on any atom is -0.348 e. The fourth-order valence-electron chi connectivity index (χ4n) is 0.810. The van der Waals surface area contributed by atoms with Gasteiger partial charge < -0.3 is 10.3 Å². The minimum atomic E-state index is 0.570. The largest absolute Gasteiger partial charge is 0.348 e. The molecule has 0 aliphatic rings. The van der Waals surface area contributed by atoms with E-state index in [0.29, 0.717) is 6.04 Å². The molecule has 0 fully saturated rings. The van der Waals surface area contributed by atoms with E-state index in [4.69, 9.17) is 0 Å². The molecule has 11 heavy (non-hydrogen) atoms. The van der Waals surface area contributed by atoms with Crippen LogP contribution in [0.15, 0.2) is 12.4 Å². The summed E-state index contributed by atoms with van der Waals surface area (Å²) in [6, 6.07) is 0.570. The number of imidazole rings is 1. The summed E-state index contributed by atoms with van der Waals surface area (Å²) in [5, 5.41) is 3.34. The minimum absolute atomic E-state index is 0.570. The molecule has 1 aromatic rings. The predicted molar refractivity (Wildman–Crippen MR) is 45.2 cm³/mol. The number of aromatic nitrogens is 2. The summed E-state index contributed by atoms with van der Waals surface area (Å²) in [6.07, 6.45) is 4.77. The van der Waals surface area contributed by atoms with Crippen LogP contribution >= 0.6 is 0 Å². The van der Waals surface area contributed by atoms with Crippen molar-refractivity contribution in [1.29, 1.82) is 0 Å². The van der Waals surface area contributed by atoms with Gasteiger partial charge in [-0.15, -0.1) is 0 Å². The maximum Gasteiger partial charge on any atom is 0.120 e. The molecular weight excluding hydrogens is 138 g/mol. The molecule has 1 aromatic heterocycles. The molecule has 0 unspecified atom stereocenters. The van der Waals surface area contributed by atoms with Crippen LogP contribution in [0.25, 0.3) is 0 Å². The third-order valence-electron chi connectivity index (χ3n) is 1.79. The average Bonchev–Trinajstić information content (AvgIpc) is 2.52. The van der Waals surface area contributed by atoms with Crippen molar-refractivity contribution in [3.05, 3.63) is 18.2 Å². The van der Waals surface area contributed by atoms with Gasteiger partial charge in [-0.1, -0.05) is 6.92 Å². The molecule has 1 heterocycles. The monoisotopic (exact) mass is 153 g/mol. The quantitative estimate of drug-likeness (QED) is 0.684. The number of H-pyrrole nitrogens is 1. The van der Waals surface area contributed by atoms with Crippen LogP contribution in [0.4, 0.5) is 0 Å². The second kappa shape index (κ2) is 4.13. The Hall–Kier alpha value is -0.830. The summed E-state index contributed by atoms with van der Waals surface area (Å²) in [6.45, 7) is 5.17. The average molecular weight is 153 g/mol. The smallest absolute Gasteiger partial charge is 0.120 e. The first-order valence-electron chi connectivity index (χ1n) is 4.04. The van der Waals surface area contributed by atoms with Gasteiger partial charge in [0.1, 0.15) is 5.82 Å². The molecular formula is C8H15N3. The lowest BCUT2D eigenvalue weighted by molar-refractivity contribution is 0.525. The van der Waals surface area contributed by atoms with Gasteiger partial charge in [0.2, 0.25) is 0 Å². The molecule has 0 bridgehead atoms. The van der Waals surface area contributed by atoms with Crippen molar-refractivity contribution in [2.75, 3.05) is 0 Å². The van der Waals surface area contributed by atoms with Crippen molar-refractivity contribution < 1.29 is 0 Å². The Morgan fingerprint density at radius 1 is 1.73 bits per heavy atom. The van der Waals surface area contributed by atoms with Crippen LogP contribution in [0.5, 0.6) is 0 Å². The molecule has 0 aliphatic carbocycles. The van der Waals surface area contributed by atoms with Gasteiger partial charge in [0.25, 0.3) is 0 Å². The molecule has 3 heteroatoms.